The van der Waals surface area contributed by atoms with Crippen LogP contribution in [0.25, 0.3) is 0 Å². The molecule has 6 nitrogen and oxygen atoms in total. The fourth-order valence-corrected chi connectivity index (χ4v) is 6.71. The van der Waals surface area contributed by atoms with Crippen molar-refractivity contribution in [2.45, 2.75) is 47.0 Å². The molecule has 4 rings (SSSR count). The summed E-state index contributed by atoms with van der Waals surface area (Å²) in [6.45, 7) is 10.6. The van der Waals surface area contributed by atoms with Crippen LogP contribution in [0.3, 0.4) is 0 Å². The van der Waals surface area contributed by atoms with Gasteiger partial charge in [0.25, 0.3) is 0 Å². The number of hydrogen-bond acceptors (Lipinski definition) is 6. The topological polar surface area (TPSA) is 80.0 Å². The van der Waals surface area contributed by atoms with Crippen molar-refractivity contribution in [1.82, 2.24) is 0 Å². The van der Waals surface area contributed by atoms with Gasteiger partial charge in [0.05, 0.1) is 0 Å². The van der Waals surface area contributed by atoms with Crippen LogP contribution in [0, 0.1) is 27.7 Å². The molecule has 0 fully saturated rings. The summed E-state index contributed by atoms with van der Waals surface area (Å²) in [5, 5.41) is 0. The van der Waals surface area contributed by atoms with Crippen LogP contribution in [0.15, 0.2) is 0 Å². The van der Waals surface area contributed by atoms with Crippen molar-refractivity contribution in [3.8, 4) is 23.0 Å². The third-order valence-electron chi connectivity index (χ3n) is 4.06. The zero-order chi connectivity index (χ0) is 19.0. The van der Waals surface area contributed by atoms with Crippen molar-refractivity contribution < 1.29 is 23.7 Å². The second kappa shape index (κ2) is 7.83. The quantitative estimate of drug-likeness (QED) is 0.610. The first-order valence-electron chi connectivity index (χ1n) is 8.32. The van der Waals surface area contributed by atoms with Gasteiger partial charge in [0, 0.05) is 0 Å². The molecule has 2 atom stereocenters. The fourth-order valence-electron chi connectivity index (χ4n) is 2.78. The first kappa shape index (κ1) is 19.6. The Hall–Kier alpha value is -1.17. The Morgan fingerprint density at radius 1 is 0.846 bits per heavy atom. The number of hydrogen-bond donors (Lipinski definition) is 1. The molecule has 0 radical (unpaired) electrons. The molecule has 2 aromatic rings. The van der Waals surface area contributed by atoms with Gasteiger partial charge in [-0.2, -0.15) is 0 Å². The number of carbonyl (C=O) groups is 1. The van der Waals surface area contributed by atoms with Crippen LogP contribution in [0.1, 0.15) is 24.7 Å². The Morgan fingerprint density at radius 3 is 1.85 bits per heavy atom. The van der Waals surface area contributed by atoms with Crippen molar-refractivity contribution in [3.05, 3.63) is 17.7 Å². The van der Waals surface area contributed by atoms with Gasteiger partial charge in [0.2, 0.25) is 0 Å². The van der Waals surface area contributed by atoms with Gasteiger partial charge >= 0.3 is 165 Å². The third-order valence-corrected chi connectivity index (χ3v) is 8.18. The Kier molecular flexibility index (Phi) is 5.90. The van der Waals surface area contributed by atoms with E-state index in [-0.39, 0.29) is 12.0 Å². The molecule has 0 aromatic carbocycles. The summed E-state index contributed by atoms with van der Waals surface area (Å²) in [6.07, 6.45) is -0.703. The Balaban J connectivity index is 0.000000152. The van der Waals surface area contributed by atoms with E-state index in [4.69, 9.17) is 24.7 Å². The number of carbonyl (C=O) groups excluding carboxylic acids is 1. The van der Waals surface area contributed by atoms with Gasteiger partial charge in [-0.05, 0) is 0 Å². The predicted octanol–water partition coefficient (Wildman–Crippen LogP) is 1.51. The number of ether oxygens (including phenoxy) is 4. The SMILES string of the molecule is CC(=O)C1COc2c(C)[se]c(C)c2O1.Cc1[se]c(C)c2c1OCC(N)O2. The van der Waals surface area contributed by atoms with Crippen molar-refractivity contribution >= 4 is 34.8 Å². The summed E-state index contributed by atoms with van der Waals surface area (Å²) >= 11 is 0.755. The van der Waals surface area contributed by atoms with Gasteiger partial charge in [0.1, 0.15) is 0 Å². The van der Waals surface area contributed by atoms with E-state index >= 15 is 0 Å². The summed E-state index contributed by atoms with van der Waals surface area (Å²) in [7, 11) is 0. The van der Waals surface area contributed by atoms with Gasteiger partial charge < -0.3 is 0 Å². The average molecular weight is 491 g/mol. The molecule has 4 heterocycles. The van der Waals surface area contributed by atoms with Crippen LogP contribution in [0.4, 0.5) is 0 Å². The molecule has 8 heteroatoms. The molecule has 0 saturated heterocycles. The second-order valence-electron chi connectivity index (χ2n) is 6.24. The molecular weight excluding hydrogens is 468 g/mol. The van der Waals surface area contributed by atoms with E-state index in [1.54, 1.807) is 0 Å². The Bertz CT molecular complexity index is 826. The summed E-state index contributed by atoms with van der Waals surface area (Å²) in [5.74, 6) is 3.55. The number of nitrogens with two attached hydrogens (primary N) is 1. The van der Waals surface area contributed by atoms with Gasteiger partial charge in [-0.3, -0.25) is 0 Å². The monoisotopic (exact) mass is 493 g/mol. The van der Waals surface area contributed by atoms with Gasteiger partial charge in [0.15, 0.2) is 0 Å². The van der Waals surface area contributed by atoms with Crippen LogP contribution in [0.2, 0.25) is 0 Å². The summed E-state index contributed by atoms with van der Waals surface area (Å²) in [6, 6.07) is 0. The molecule has 2 aliphatic heterocycles. The molecule has 2 N–H and O–H groups in total. The molecule has 142 valence electrons. The number of Topliss-reactive ketones (excluding diaryl/α,β-unsaturated/α-hetero) is 1. The van der Waals surface area contributed by atoms with Gasteiger partial charge in [-0.1, -0.05) is 0 Å². The first-order valence-corrected chi connectivity index (χ1v) is 11.8. The van der Waals surface area contributed by atoms with Crippen LogP contribution in [-0.4, -0.2) is 60.3 Å². The number of rotatable bonds is 1. The van der Waals surface area contributed by atoms with Crippen molar-refractivity contribution in [2.24, 2.45) is 5.73 Å². The number of fused-ring (bicyclic) bond motifs is 2. The minimum atomic E-state index is -0.412. The molecule has 0 aliphatic carbocycles. The van der Waals surface area contributed by atoms with E-state index in [2.05, 4.69) is 20.8 Å². The molecular formula is C18H23NO5Se2. The number of aryl methyl sites for hydroxylation is 4. The molecule has 2 aliphatic rings. The summed E-state index contributed by atoms with van der Waals surface area (Å²) in [4.78, 5) is 11.1. The molecule has 0 bridgehead atoms. The zero-order valence-corrected chi connectivity index (χ0v) is 18.9. The Labute approximate surface area is 165 Å². The van der Waals surface area contributed by atoms with Crippen LogP contribution in [-0.2, 0) is 4.79 Å². The van der Waals surface area contributed by atoms with E-state index in [0.29, 0.717) is 42.2 Å². The number of ketones is 1. The van der Waals surface area contributed by atoms with Crippen LogP contribution < -0.4 is 24.7 Å². The maximum absolute atomic E-state index is 11.1. The van der Waals surface area contributed by atoms with Crippen LogP contribution in [0.5, 0.6) is 23.0 Å². The van der Waals surface area contributed by atoms with Crippen LogP contribution >= 0.6 is 0 Å². The van der Waals surface area contributed by atoms with Crippen molar-refractivity contribution in [2.75, 3.05) is 13.2 Å². The fraction of sp³-hybridized carbons (Fsp3) is 0.500. The summed E-state index contributed by atoms with van der Waals surface area (Å²) < 4.78 is 27.2. The zero-order valence-electron chi connectivity index (χ0n) is 15.5. The molecule has 26 heavy (non-hydrogen) atoms. The normalized spacial score (nSPS) is 20.2. The molecule has 2 aromatic heterocycles. The van der Waals surface area contributed by atoms with E-state index in [9.17, 15) is 4.79 Å². The van der Waals surface area contributed by atoms with Crippen molar-refractivity contribution in [3.63, 3.8) is 0 Å². The first-order chi connectivity index (χ1) is 12.3. The standard InChI is InChI=1S/C10H12O3Se.C8H11NO2Se/c1-5(11)8-4-12-9-6(2)14-7(3)10(9)13-8;1-4-7-8(5(2)12-4)11-6(9)3-10-7/h8H,4H2,1-3H3;6H,3,9H2,1-2H3. The summed E-state index contributed by atoms with van der Waals surface area (Å²) in [5.41, 5.74) is 5.60. The molecule has 0 amide bonds. The average Bonchev–Trinajstić information content (AvgIpc) is 3.04. The second-order valence-corrected chi connectivity index (χ2v) is 12.2. The molecule has 2 unspecified atom stereocenters. The maximum atomic E-state index is 11.1. The van der Waals surface area contributed by atoms with E-state index in [1.807, 2.05) is 6.92 Å². The molecule has 0 saturated carbocycles. The van der Waals surface area contributed by atoms with E-state index in [1.165, 1.54) is 24.7 Å². The van der Waals surface area contributed by atoms with Gasteiger partial charge in [-0.25, -0.2) is 0 Å². The molecule has 0 spiro atoms. The predicted molar refractivity (Wildman–Crippen MR) is 100 cm³/mol. The van der Waals surface area contributed by atoms with E-state index in [0.717, 1.165) is 23.0 Å². The Morgan fingerprint density at radius 2 is 1.31 bits per heavy atom. The van der Waals surface area contributed by atoms with Crippen molar-refractivity contribution in [1.29, 1.82) is 0 Å². The van der Waals surface area contributed by atoms with E-state index < -0.39 is 6.10 Å². The third kappa shape index (κ3) is 3.90. The van der Waals surface area contributed by atoms with Gasteiger partial charge in [-0.15, -0.1) is 0 Å². The minimum absolute atomic E-state index is 0.0291.